The van der Waals surface area contributed by atoms with Gasteiger partial charge in [-0.3, -0.25) is 0 Å². The van der Waals surface area contributed by atoms with Crippen LogP contribution in [0.15, 0.2) is 12.5 Å². The van der Waals surface area contributed by atoms with E-state index in [-0.39, 0.29) is 12.5 Å². The first-order chi connectivity index (χ1) is 10.1. The molecule has 0 aromatic carbocycles. The summed E-state index contributed by atoms with van der Waals surface area (Å²) in [5.74, 6) is -2.64. The van der Waals surface area contributed by atoms with Gasteiger partial charge in [0.15, 0.2) is 0 Å². The first-order valence-electron chi connectivity index (χ1n) is 7.32. The predicted molar refractivity (Wildman–Crippen MR) is 75.7 cm³/mol. The maximum absolute atomic E-state index is 13.4. The second-order valence-corrected chi connectivity index (χ2v) is 5.90. The molecule has 4 rings (SSSR count). The van der Waals surface area contributed by atoms with E-state index in [9.17, 15) is 8.78 Å². The van der Waals surface area contributed by atoms with E-state index in [1.165, 1.54) is 6.33 Å². The van der Waals surface area contributed by atoms with Gasteiger partial charge in [-0.05, 0) is 24.9 Å². The summed E-state index contributed by atoms with van der Waals surface area (Å²) < 4.78 is 26.8. The van der Waals surface area contributed by atoms with E-state index < -0.39 is 11.8 Å². The lowest BCUT2D eigenvalue weighted by atomic mass is 10.1. The summed E-state index contributed by atoms with van der Waals surface area (Å²) in [6.45, 7) is 1.89. The SMILES string of the molecule is FC1(F)CC1c1c[nH]c2ncnc(NC3CCCNC3)c12. The number of alkyl halides is 2. The summed E-state index contributed by atoms with van der Waals surface area (Å²) in [6, 6.07) is 0.277. The van der Waals surface area contributed by atoms with Crippen LogP contribution in [0.2, 0.25) is 0 Å². The van der Waals surface area contributed by atoms with Crippen LogP contribution in [0.4, 0.5) is 14.6 Å². The molecule has 2 unspecified atom stereocenters. The van der Waals surface area contributed by atoms with Crippen molar-refractivity contribution in [3.63, 3.8) is 0 Å². The zero-order valence-electron chi connectivity index (χ0n) is 11.5. The number of fused-ring (bicyclic) bond motifs is 1. The summed E-state index contributed by atoms with van der Waals surface area (Å²) >= 11 is 0. The number of H-pyrrole nitrogens is 1. The van der Waals surface area contributed by atoms with Crippen molar-refractivity contribution in [3.05, 3.63) is 18.1 Å². The average molecular weight is 293 g/mol. The number of nitrogens with one attached hydrogen (secondary N) is 3. The number of hydrogen-bond donors (Lipinski definition) is 3. The Morgan fingerprint density at radius 3 is 2.90 bits per heavy atom. The molecule has 1 aliphatic carbocycles. The van der Waals surface area contributed by atoms with Gasteiger partial charge in [0.1, 0.15) is 17.8 Å². The minimum atomic E-state index is -2.59. The van der Waals surface area contributed by atoms with E-state index in [4.69, 9.17) is 0 Å². The molecule has 2 aromatic heterocycles. The van der Waals surface area contributed by atoms with Crippen molar-refractivity contribution >= 4 is 16.9 Å². The van der Waals surface area contributed by atoms with Gasteiger partial charge in [-0.1, -0.05) is 0 Å². The monoisotopic (exact) mass is 293 g/mol. The lowest BCUT2D eigenvalue weighted by Crippen LogP contribution is -2.38. The minimum absolute atomic E-state index is 0.0841. The largest absolute Gasteiger partial charge is 0.365 e. The van der Waals surface area contributed by atoms with Crippen LogP contribution in [-0.2, 0) is 0 Å². The molecular formula is C14H17F2N5. The maximum Gasteiger partial charge on any atom is 0.256 e. The molecule has 7 heteroatoms. The van der Waals surface area contributed by atoms with E-state index in [0.29, 0.717) is 22.4 Å². The Morgan fingerprint density at radius 2 is 2.19 bits per heavy atom. The van der Waals surface area contributed by atoms with Gasteiger partial charge in [0.2, 0.25) is 0 Å². The Labute approximate surface area is 120 Å². The molecule has 0 spiro atoms. The number of hydrogen-bond acceptors (Lipinski definition) is 4. The molecule has 5 nitrogen and oxygen atoms in total. The van der Waals surface area contributed by atoms with Crippen LogP contribution in [0, 0.1) is 0 Å². The third kappa shape index (κ3) is 2.25. The third-order valence-corrected chi connectivity index (χ3v) is 4.34. The number of anilines is 1. The Kier molecular flexibility index (Phi) is 2.85. The molecular weight excluding hydrogens is 276 g/mol. The van der Waals surface area contributed by atoms with E-state index in [1.807, 2.05) is 0 Å². The topological polar surface area (TPSA) is 65.6 Å². The number of aromatic nitrogens is 3. The van der Waals surface area contributed by atoms with Gasteiger partial charge >= 0.3 is 0 Å². The quantitative estimate of drug-likeness (QED) is 0.812. The molecule has 3 heterocycles. The van der Waals surface area contributed by atoms with Crippen molar-refractivity contribution in [3.8, 4) is 0 Å². The first-order valence-corrected chi connectivity index (χ1v) is 7.32. The number of rotatable bonds is 3. The zero-order valence-corrected chi connectivity index (χ0v) is 11.5. The molecule has 2 fully saturated rings. The average Bonchev–Trinajstić information content (AvgIpc) is 2.93. The Hall–Kier alpha value is -1.76. The van der Waals surface area contributed by atoms with Gasteiger partial charge in [0.05, 0.1) is 11.3 Å². The highest BCUT2D eigenvalue weighted by Gasteiger charge is 2.58. The lowest BCUT2D eigenvalue weighted by Gasteiger charge is -2.24. The smallest absolute Gasteiger partial charge is 0.256 e. The van der Waals surface area contributed by atoms with Crippen molar-refractivity contribution < 1.29 is 8.78 Å². The molecule has 1 saturated carbocycles. The molecule has 0 bridgehead atoms. The Morgan fingerprint density at radius 1 is 1.33 bits per heavy atom. The third-order valence-electron chi connectivity index (χ3n) is 4.34. The Balaban J connectivity index is 1.69. The fraction of sp³-hybridized carbons (Fsp3) is 0.571. The van der Waals surface area contributed by atoms with Gasteiger partial charge in [-0.15, -0.1) is 0 Å². The predicted octanol–water partition coefficient (Wildman–Crippen LogP) is 2.24. The van der Waals surface area contributed by atoms with Crippen LogP contribution in [-0.4, -0.2) is 40.0 Å². The van der Waals surface area contributed by atoms with E-state index in [2.05, 4.69) is 25.6 Å². The molecule has 0 amide bonds. The lowest BCUT2D eigenvalue weighted by molar-refractivity contribution is 0.112. The van der Waals surface area contributed by atoms with Crippen LogP contribution < -0.4 is 10.6 Å². The highest BCUT2D eigenvalue weighted by atomic mass is 19.3. The van der Waals surface area contributed by atoms with Crippen molar-refractivity contribution in [1.82, 2.24) is 20.3 Å². The van der Waals surface area contributed by atoms with Gasteiger partial charge in [0, 0.05) is 25.2 Å². The number of halogens is 2. The van der Waals surface area contributed by atoms with Gasteiger partial charge in [-0.25, -0.2) is 18.7 Å². The van der Waals surface area contributed by atoms with Crippen LogP contribution in [0.25, 0.3) is 11.0 Å². The molecule has 1 aliphatic heterocycles. The zero-order chi connectivity index (χ0) is 14.4. The van der Waals surface area contributed by atoms with E-state index in [1.54, 1.807) is 6.20 Å². The van der Waals surface area contributed by atoms with Crippen molar-refractivity contribution in [2.75, 3.05) is 18.4 Å². The maximum atomic E-state index is 13.4. The second-order valence-electron chi connectivity index (χ2n) is 5.90. The molecule has 112 valence electrons. The summed E-state index contributed by atoms with van der Waals surface area (Å²) in [6.07, 6.45) is 5.19. The fourth-order valence-electron chi connectivity index (χ4n) is 3.09. The molecule has 2 atom stereocenters. The van der Waals surface area contributed by atoms with Gasteiger partial charge in [0.25, 0.3) is 5.92 Å². The van der Waals surface area contributed by atoms with E-state index in [0.717, 1.165) is 25.9 Å². The summed E-state index contributed by atoms with van der Waals surface area (Å²) in [5.41, 5.74) is 1.25. The van der Waals surface area contributed by atoms with Crippen LogP contribution >= 0.6 is 0 Å². The van der Waals surface area contributed by atoms with E-state index >= 15 is 0 Å². The number of aromatic amines is 1. The van der Waals surface area contributed by atoms with Crippen molar-refractivity contribution in [2.45, 2.75) is 37.1 Å². The highest BCUT2D eigenvalue weighted by molar-refractivity contribution is 5.91. The minimum Gasteiger partial charge on any atom is -0.365 e. The molecule has 2 aliphatic rings. The Bertz CT molecular complexity index is 662. The molecule has 3 N–H and O–H groups in total. The van der Waals surface area contributed by atoms with Crippen molar-refractivity contribution in [2.24, 2.45) is 0 Å². The van der Waals surface area contributed by atoms with Crippen LogP contribution in [0.3, 0.4) is 0 Å². The van der Waals surface area contributed by atoms with Crippen LogP contribution in [0.5, 0.6) is 0 Å². The fourth-order valence-corrected chi connectivity index (χ4v) is 3.09. The normalized spacial score (nSPS) is 27.7. The number of nitrogens with zero attached hydrogens (tertiary/aromatic N) is 2. The molecule has 0 radical (unpaired) electrons. The summed E-state index contributed by atoms with van der Waals surface area (Å²) in [7, 11) is 0. The first kappa shape index (κ1) is 12.9. The molecule has 2 aromatic rings. The van der Waals surface area contributed by atoms with Gasteiger partial charge < -0.3 is 15.6 Å². The van der Waals surface area contributed by atoms with Gasteiger partial charge in [-0.2, -0.15) is 0 Å². The van der Waals surface area contributed by atoms with Crippen LogP contribution in [0.1, 0.15) is 30.7 Å². The molecule has 21 heavy (non-hydrogen) atoms. The summed E-state index contributed by atoms with van der Waals surface area (Å²) in [4.78, 5) is 11.4. The standard InChI is InChI=1S/C14H17F2N5/c15-14(16)4-10(14)9-6-18-12-11(9)13(20-7-19-12)21-8-2-1-3-17-5-8/h6-8,10,17H,1-5H2,(H2,18,19,20,21). The number of piperidine rings is 1. The summed E-state index contributed by atoms with van der Waals surface area (Å²) in [5, 5.41) is 7.42. The second kappa shape index (κ2) is 4.62. The van der Waals surface area contributed by atoms with Crippen molar-refractivity contribution in [1.29, 1.82) is 0 Å². The highest BCUT2D eigenvalue weighted by Crippen LogP contribution is 2.57. The molecule has 1 saturated heterocycles.